The molecule has 116 valence electrons. The lowest BCUT2D eigenvalue weighted by Crippen LogP contribution is -2.49. The first-order valence-electron chi connectivity index (χ1n) is 6.69. The third kappa shape index (κ3) is 3.95. The molecule has 2 rings (SSSR count). The molecule has 0 amide bonds. The Labute approximate surface area is 120 Å². The average Bonchev–Trinajstić information content (AvgIpc) is 2.37. The lowest BCUT2D eigenvalue weighted by molar-refractivity contribution is -0.274. The second kappa shape index (κ2) is 6.03. The van der Waals surface area contributed by atoms with Crippen molar-refractivity contribution in [2.75, 3.05) is 0 Å². The first-order chi connectivity index (χ1) is 9.78. The number of ketones is 1. The van der Waals surface area contributed by atoms with Crippen LogP contribution in [0.3, 0.4) is 0 Å². The number of ether oxygens (including phenoxy) is 1. The van der Waals surface area contributed by atoms with Crippen LogP contribution in [0.1, 0.15) is 29.6 Å². The minimum Gasteiger partial charge on any atom is -0.406 e. The smallest absolute Gasteiger partial charge is 0.406 e. The van der Waals surface area contributed by atoms with E-state index < -0.39 is 12.3 Å². The minimum absolute atomic E-state index is 0.228. The van der Waals surface area contributed by atoms with Gasteiger partial charge in [0.1, 0.15) is 5.75 Å². The van der Waals surface area contributed by atoms with E-state index in [9.17, 15) is 18.0 Å². The molecular formula is C14H17F3N2O2. The Morgan fingerprint density at radius 1 is 1.10 bits per heavy atom. The molecule has 0 bridgehead atoms. The van der Waals surface area contributed by atoms with Crippen molar-refractivity contribution in [2.24, 2.45) is 17.4 Å². The van der Waals surface area contributed by atoms with Gasteiger partial charge in [0.05, 0.1) is 5.92 Å². The van der Waals surface area contributed by atoms with E-state index in [2.05, 4.69) is 4.74 Å². The van der Waals surface area contributed by atoms with Crippen molar-refractivity contribution in [3.63, 3.8) is 0 Å². The van der Waals surface area contributed by atoms with Gasteiger partial charge in [-0.05, 0) is 37.1 Å². The topological polar surface area (TPSA) is 78.3 Å². The van der Waals surface area contributed by atoms with Crippen LogP contribution in [0.4, 0.5) is 13.2 Å². The molecule has 0 aliphatic heterocycles. The highest BCUT2D eigenvalue weighted by molar-refractivity contribution is 5.98. The van der Waals surface area contributed by atoms with E-state index in [0.717, 1.165) is 31.4 Å². The van der Waals surface area contributed by atoms with E-state index in [-0.39, 0.29) is 23.6 Å². The van der Waals surface area contributed by atoms with Crippen molar-refractivity contribution in [1.29, 1.82) is 0 Å². The summed E-state index contributed by atoms with van der Waals surface area (Å²) >= 11 is 0. The van der Waals surface area contributed by atoms with Gasteiger partial charge in [-0.15, -0.1) is 13.2 Å². The van der Waals surface area contributed by atoms with E-state index in [1.54, 1.807) is 0 Å². The van der Waals surface area contributed by atoms with Crippen molar-refractivity contribution in [3.05, 3.63) is 29.8 Å². The van der Waals surface area contributed by atoms with Crippen LogP contribution < -0.4 is 16.2 Å². The summed E-state index contributed by atoms with van der Waals surface area (Å²) in [6.45, 7) is 0. The summed E-state index contributed by atoms with van der Waals surface area (Å²) in [6.07, 6.45) is -2.43. The molecule has 4 nitrogen and oxygen atoms in total. The molecule has 1 saturated carbocycles. The predicted octanol–water partition coefficient (Wildman–Crippen LogP) is 2.22. The van der Waals surface area contributed by atoms with Crippen molar-refractivity contribution in [3.8, 4) is 5.75 Å². The zero-order valence-corrected chi connectivity index (χ0v) is 11.3. The maximum absolute atomic E-state index is 12.4. The first kappa shape index (κ1) is 15.8. The Bertz CT molecular complexity index is 492. The maximum atomic E-state index is 12.4. The number of hydrogen-bond acceptors (Lipinski definition) is 4. The fraction of sp³-hybridized carbons (Fsp3) is 0.500. The molecule has 2 atom stereocenters. The van der Waals surface area contributed by atoms with Crippen molar-refractivity contribution >= 4 is 5.78 Å². The molecule has 1 aliphatic carbocycles. The summed E-state index contributed by atoms with van der Waals surface area (Å²) < 4.78 is 40.0. The number of Topliss-reactive ketones (excluding diaryl/α,β-unsaturated/α-hetero) is 1. The Balaban J connectivity index is 2.12. The summed E-state index contributed by atoms with van der Waals surface area (Å²) in [5.41, 5.74) is 12.2. The molecule has 0 spiro atoms. The number of hydrogen-bond donors (Lipinski definition) is 2. The molecule has 1 fully saturated rings. The van der Waals surface area contributed by atoms with Crippen LogP contribution in [0.25, 0.3) is 0 Å². The summed E-state index contributed by atoms with van der Waals surface area (Å²) in [7, 11) is 0. The van der Waals surface area contributed by atoms with Gasteiger partial charge < -0.3 is 16.2 Å². The number of carbonyl (C=O) groups is 1. The quantitative estimate of drug-likeness (QED) is 0.839. The van der Waals surface area contributed by atoms with Crippen LogP contribution in [-0.4, -0.2) is 24.2 Å². The highest BCUT2D eigenvalue weighted by atomic mass is 19.4. The molecule has 0 heterocycles. The second-order valence-corrected chi connectivity index (χ2v) is 5.22. The van der Waals surface area contributed by atoms with Crippen molar-refractivity contribution < 1.29 is 22.7 Å². The van der Waals surface area contributed by atoms with E-state index in [0.29, 0.717) is 5.56 Å². The SMILES string of the molecule is NC1CCCC(N)C1C(=O)c1ccc(OC(F)(F)F)cc1. The third-order valence-corrected chi connectivity index (χ3v) is 3.67. The first-order valence-corrected chi connectivity index (χ1v) is 6.69. The summed E-state index contributed by atoms with van der Waals surface area (Å²) in [5.74, 6) is -1.09. The fourth-order valence-corrected chi connectivity index (χ4v) is 2.67. The van der Waals surface area contributed by atoms with Gasteiger partial charge in [0.2, 0.25) is 0 Å². The number of alkyl halides is 3. The predicted molar refractivity (Wildman–Crippen MR) is 70.7 cm³/mol. The van der Waals surface area contributed by atoms with Gasteiger partial charge in [0.25, 0.3) is 0 Å². The number of nitrogens with two attached hydrogens (primary N) is 2. The van der Waals surface area contributed by atoms with Gasteiger partial charge in [-0.1, -0.05) is 6.42 Å². The summed E-state index contributed by atoms with van der Waals surface area (Å²) in [6, 6.07) is 4.20. The Hall–Kier alpha value is -1.60. The van der Waals surface area contributed by atoms with Gasteiger partial charge in [0, 0.05) is 17.6 Å². The van der Waals surface area contributed by atoms with Crippen LogP contribution >= 0.6 is 0 Å². The molecule has 4 N–H and O–H groups in total. The Kier molecular flexibility index (Phi) is 4.53. The third-order valence-electron chi connectivity index (χ3n) is 3.67. The number of benzene rings is 1. The number of rotatable bonds is 3. The summed E-state index contributed by atoms with van der Waals surface area (Å²) in [4.78, 5) is 12.4. The molecular weight excluding hydrogens is 285 g/mol. The average molecular weight is 302 g/mol. The van der Waals surface area contributed by atoms with Gasteiger partial charge >= 0.3 is 6.36 Å². The highest BCUT2D eigenvalue weighted by Crippen LogP contribution is 2.27. The Morgan fingerprint density at radius 3 is 2.10 bits per heavy atom. The second-order valence-electron chi connectivity index (χ2n) is 5.22. The van der Waals surface area contributed by atoms with Crippen LogP contribution in [0.2, 0.25) is 0 Å². The van der Waals surface area contributed by atoms with Gasteiger partial charge in [-0.25, -0.2) is 0 Å². The van der Waals surface area contributed by atoms with E-state index in [1.807, 2.05) is 0 Å². The van der Waals surface area contributed by atoms with E-state index in [4.69, 9.17) is 11.5 Å². The van der Waals surface area contributed by atoms with E-state index >= 15 is 0 Å². The van der Waals surface area contributed by atoms with Gasteiger partial charge in [0.15, 0.2) is 5.78 Å². The van der Waals surface area contributed by atoms with Crippen molar-refractivity contribution in [2.45, 2.75) is 37.7 Å². The summed E-state index contributed by atoms with van der Waals surface area (Å²) in [5, 5.41) is 0. The highest BCUT2D eigenvalue weighted by Gasteiger charge is 2.35. The normalized spacial score (nSPS) is 26.4. The zero-order chi connectivity index (χ0) is 15.6. The lowest BCUT2D eigenvalue weighted by Gasteiger charge is -2.32. The Morgan fingerprint density at radius 2 is 1.62 bits per heavy atom. The van der Waals surface area contributed by atoms with Crippen LogP contribution in [0.5, 0.6) is 5.75 Å². The maximum Gasteiger partial charge on any atom is 0.573 e. The lowest BCUT2D eigenvalue weighted by atomic mass is 9.77. The molecule has 1 aromatic carbocycles. The van der Waals surface area contributed by atoms with E-state index in [1.165, 1.54) is 12.1 Å². The van der Waals surface area contributed by atoms with Crippen LogP contribution in [0.15, 0.2) is 24.3 Å². The molecule has 7 heteroatoms. The van der Waals surface area contributed by atoms with Crippen molar-refractivity contribution in [1.82, 2.24) is 0 Å². The molecule has 0 saturated heterocycles. The fourth-order valence-electron chi connectivity index (χ4n) is 2.67. The molecule has 1 aromatic rings. The molecule has 2 unspecified atom stereocenters. The standard InChI is InChI=1S/C14H17F3N2O2/c15-14(16,17)21-9-6-4-8(5-7-9)13(20)12-10(18)2-1-3-11(12)19/h4-7,10-12H,1-3,18-19H2. The monoisotopic (exact) mass is 302 g/mol. The molecule has 1 aliphatic rings. The largest absolute Gasteiger partial charge is 0.573 e. The van der Waals surface area contributed by atoms with Gasteiger partial charge in [-0.2, -0.15) is 0 Å². The van der Waals surface area contributed by atoms with Gasteiger partial charge in [-0.3, -0.25) is 4.79 Å². The van der Waals surface area contributed by atoms with Crippen LogP contribution in [0, 0.1) is 5.92 Å². The van der Waals surface area contributed by atoms with Crippen LogP contribution in [-0.2, 0) is 0 Å². The number of halogens is 3. The molecule has 0 aromatic heterocycles. The minimum atomic E-state index is -4.75. The molecule has 21 heavy (non-hydrogen) atoms. The zero-order valence-electron chi connectivity index (χ0n) is 11.3. The molecule has 0 radical (unpaired) electrons. The number of carbonyl (C=O) groups excluding carboxylic acids is 1.